The Morgan fingerprint density at radius 2 is 1.71 bits per heavy atom. The Balaban J connectivity index is 1.90. The third-order valence-electron chi connectivity index (χ3n) is 4.19. The Labute approximate surface area is 163 Å². The van der Waals surface area contributed by atoms with Crippen molar-refractivity contribution >= 4 is 34.2 Å². The van der Waals surface area contributed by atoms with Crippen LogP contribution in [0.15, 0.2) is 48.5 Å². The molecular weight excluding hydrogens is 356 g/mol. The van der Waals surface area contributed by atoms with Crippen molar-refractivity contribution in [1.82, 2.24) is 4.98 Å². The summed E-state index contributed by atoms with van der Waals surface area (Å²) in [6.07, 6.45) is 0.785. The summed E-state index contributed by atoms with van der Waals surface area (Å²) < 4.78 is 9.95. The molecule has 6 nitrogen and oxygen atoms in total. The van der Waals surface area contributed by atoms with Gasteiger partial charge in [-0.05, 0) is 61.9 Å². The Kier molecular flexibility index (Phi) is 5.89. The van der Waals surface area contributed by atoms with Crippen molar-refractivity contribution < 1.29 is 19.1 Å². The minimum atomic E-state index is -0.400. The van der Waals surface area contributed by atoms with Crippen LogP contribution in [0.2, 0.25) is 0 Å². The number of aromatic nitrogens is 1. The molecule has 0 atom stereocenters. The number of pyridine rings is 1. The van der Waals surface area contributed by atoms with Crippen molar-refractivity contribution in [3.05, 3.63) is 65.4 Å². The summed E-state index contributed by atoms with van der Waals surface area (Å²) >= 11 is 0. The lowest BCUT2D eigenvalue weighted by atomic mass is 10.1. The van der Waals surface area contributed by atoms with Crippen molar-refractivity contribution in [1.29, 1.82) is 0 Å². The van der Waals surface area contributed by atoms with Gasteiger partial charge in [-0.1, -0.05) is 6.92 Å². The molecule has 0 fully saturated rings. The summed E-state index contributed by atoms with van der Waals surface area (Å²) in [6.45, 7) is 4.27. The van der Waals surface area contributed by atoms with E-state index in [-0.39, 0.29) is 5.97 Å². The highest BCUT2D eigenvalue weighted by atomic mass is 16.5. The number of carbonyl (C=O) groups excluding carboxylic acids is 2. The summed E-state index contributed by atoms with van der Waals surface area (Å²) in [7, 11) is 1.35. The van der Waals surface area contributed by atoms with E-state index in [1.807, 2.05) is 32.0 Å². The number of methoxy groups -OCH3 is 1. The first-order valence-corrected chi connectivity index (χ1v) is 9.05. The first kappa shape index (κ1) is 19.4. The van der Waals surface area contributed by atoms with Crippen molar-refractivity contribution in [2.75, 3.05) is 19.0 Å². The standard InChI is InChI=1S/C22H22N2O4/c1-4-11-28-22(26)15-5-8-17(9-6-15)24-20-12-14(2)23-19-10-7-16(13-18(19)20)21(25)27-3/h5-10,12-13H,4,11H2,1-3H3,(H,23,24). The zero-order valence-electron chi connectivity index (χ0n) is 16.1. The van der Waals surface area contributed by atoms with Crippen LogP contribution in [0.1, 0.15) is 39.8 Å². The van der Waals surface area contributed by atoms with Gasteiger partial charge in [0.1, 0.15) is 0 Å². The van der Waals surface area contributed by atoms with Gasteiger partial charge in [0.15, 0.2) is 0 Å². The molecule has 1 aromatic heterocycles. The van der Waals surface area contributed by atoms with E-state index < -0.39 is 5.97 Å². The van der Waals surface area contributed by atoms with Crippen molar-refractivity contribution in [2.45, 2.75) is 20.3 Å². The molecule has 3 aromatic rings. The lowest BCUT2D eigenvalue weighted by molar-refractivity contribution is 0.0504. The van der Waals surface area contributed by atoms with Crippen molar-refractivity contribution in [2.24, 2.45) is 0 Å². The summed E-state index contributed by atoms with van der Waals surface area (Å²) in [6, 6.07) is 14.2. The second kappa shape index (κ2) is 8.52. The predicted molar refractivity (Wildman–Crippen MR) is 108 cm³/mol. The van der Waals surface area contributed by atoms with Crippen LogP contribution in [0.25, 0.3) is 10.9 Å². The molecular formula is C22H22N2O4. The SMILES string of the molecule is CCCOC(=O)c1ccc(Nc2cc(C)nc3ccc(C(=O)OC)cc23)cc1. The van der Waals surface area contributed by atoms with Gasteiger partial charge in [0.05, 0.1) is 30.4 Å². The van der Waals surface area contributed by atoms with E-state index >= 15 is 0 Å². The van der Waals surface area contributed by atoms with Gasteiger partial charge in [0.2, 0.25) is 0 Å². The molecule has 0 aliphatic rings. The van der Waals surface area contributed by atoms with Crippen LogP contribution in [0, 0.1) is 6.92 Å². The Bertz CT molecular complexity index is 1010. The maximum atomic E-state index is 11.9. The average molecular weight is 378 g/mol. The molecule has 0 aliphatic heterocycles. The number of ether oxygens (including phenoxy) is 2. The number of fused-ring (bicyclic) bond motifs is 1. The molecule has 6 heteroatoms. The minimum Gasteiger partial charge on any atom is -0.465 e. The molecule has 28 heavy (non-hydrogen) atoms. The van der Waals surface area contributed by atoms with Crippen LogP contribution in [-0.2, 0) is 9.47 Å². The topological polar surface area (TPSA) is 77.5 Å². The zero-order chi connectivity index (χ0) is 20.1. The number of hydrogen-bond donors (Lipinski definition) is 1. The van der Waals surface area contributed by atoms with E-state index in [0.717, 1.165) is 34.4 Å². The van der Waals surface area contributed by atoms with Crippen LogP contribution < -0.4 is 5.32 Å². The highest BCUT2D eigenvalue weighted by molar-refractivity contribution is 6.00. The number of hydrogen-bond acceptors (Lipinski definition) is 6. The van der Waals surface area contributed by atoms with E-state index in [4.69, 9.17) is 9.47 Å². The molecule has 0 saturated carbocycles. The van der Waals surface area contributed by atoms with Gasteiger partial charge in [-0.15, -0.1) is 0 Å². The summed E-state index contributed by atoms with van der Waals surface area (Å²) in [5, 5.41) is 4.14. The van der Waals surface area contributed by atoms with Crippen LogP contribution in [-0.4, -0.2) is 30.6 Å². The molecule has 0 spiro atoms. The molecule has 1 heterocycles. The average Bonchev–Trinajstić information content (AvgIpc) is 2.71. The Morgan fingerprint density at radius 3 is 2.39 bits per heavy atom. The molecule has 0 amide bonds. The smallest absolute Gasteiger partial charge is 0.338 e. The van der Waals surface area contributed by atoms with E-state index in [1.165, 1.54) is 7.11 Å². The molecule has 0 bridgehead atoms. The minimum absolute atomic E-state index is 0.332. The quantitative estimate of drug-likeness (QED) is 0.630. The molecule has 0 aliphatic carbocycles. The van der Waals surface area contributed by atoms with E-state index in [2.05, 4.69) is 10.3 Å². The van der Waals surface area contributed by atoms with Crippen molar-refractivity contribution in [3.8, 4) is 0 Å². The lowest BCUT2D eigenvalue weighted by Gasteiger charge is -2.12. The lowest BCUT2D eigenvalue weighted by Crippen LogP contribution is -2.05. The third kappa shape index (κ3) is 4.28. The van der Waals surface area contributed by atoms with E-state index in [9.17, 15) is 9.59 Å². The highest BCUT2D eigenvalue weighted by Crippen LogP contribution is 2.28. The number of nitrogens with one attached hydrogen (secondary N) is 1. The fourth-order valence-electron chi connectivity index (χ4n) is 2.83. The number of aryl methyl sites for hydroxylation is 1. The molecule has 144 valence electrons. The highest BCUT2D eigenvalue weighted by Gasteiger charge is 2.11. The van der Waals surface area contributed by atoms with Gasteiger partial charge >= 0.3 is 11.9 Å². The van der Waals surface area contributed by atoms with Gasteiger partial charge < -0.3 is 14.8 Å². The zero-order valence-corrected chi connectivity index (χ0v) is 16.1. The van der Waals surface area contributed by atoms with Crippen LogP contribution in [0.3, 0.4) is 0 Å². The molecule has 0 radical (unpaired) electrons. The van der Waals surface area contributed by atoms with Gasteiger partial charge in [-0.2, -0.15) is 0 Å². The third-order valence-corrected chi connectivity index (χ3v) is 4.19. The van der Waals surface area contributed by atoms with Crippen LogP contribution in [0.4, 0.5) is 11.4 Å². The summed E-state index contributed by atoms with van der Waals surface area (Å²) in [4.78, 5) is 28.3. The molecule has 0 saturated heterocycles. The monoisotopic (exact) mass is 378 g/mol. The number of carbonyl (C=O) groups is 2. The Hall–Kier alpha value is -3.41. The molecule has 0 unspecified atom stereocenters. The largest absolute Gasteiger partial charge is 0.465 e. The van der Waals surface area contributed by atoms with Gasteiger partial charge in [-0.3, -0.25) is 4.98 Å². The van der Waals surface area contributed by atoms with Gasteiger partial charge in [0, 0.05) is 22.5 Å². The second-order valence-corrected chi connectivity index (χ2v) is 6.37. The van der Waals surface area contributed by atoms with Crippen LogP contribution in [0.5, 0.6) is 0 Å². The summed E-state index contributed by atoms with van der Waals surface area (Å²) in [5.41, 5.74) is 4.20. The second-order valence-electron chi connectivity index (χ2n) is 6.37. The first-order chi connectivity index (χ1) is 13.5. The maximum Gasteiger partial charge on any atom is 0.338 e. The van der Waals surface area contributed by atoms with Gasteiger partial charge in [-0.25, -0.2) is 9.59 Å². The number of nitrogens with zero attached hydrogens (tertiary/aromatic N) is 1. The number of esters is 2. The maximum absolute atomic E-state index is 11.9. The summed E-state index contributed by atoms with van der Waals surface area (Å²) in [5.74, 6) is -0.732. The van der Waals surface area contributed by atoms with Gasteiger partial charge in [0.25, 0.3) is 0 Å². The number of rotatable bonds is 6. The fourth-order valence-corrected chi connectivity index (χ4v) is 2.83. The molecule has 2 aromatic carbocycles. The fraction of sp³-hybridized carbons (Fsp3) is 0.227. The van der Waals surface area contributed by atoms with Crippen molar-refractivity contribution in [3.63, 3.8) is 0 Å². The van der Waals surface area contributed by atoms with E-state index in [0.29, 0.717) is 17.7 Å². The molecule has 1 N–H and O–H groups in total. The predicted octanol–water partition coefficient (Wildman–Crippen LogP) is 4.64. The normalized spacial score (nSPS) is 10.5. The molecule has 3 rings (SSSR count). The Morgan fingerprint density at radius 1 is 1.00 bits per heavy atom. The first-order valence-electron chi connectivity index (χ1n) is 9.05. The number of benzene rings is 2. The van der Waals surface area contributed by atoms with Crippen LogP contribution >= 0.6 is 0 Å². The number of anilines is 2. The van der Waals surface area contributed by atoms with E-state index in [1.54, 1.807) is 30.3 Å².